The van der Waals surface area contributed by atoms with Gasteiger partial charge >= 0.3 is 0 Å². The predicted molar refractivity (Wildman–Crippen MR) is 294 cm³/mol. The second-order valence-corrected chi connectivity index (χ2v) is 20.6. The third-order valence-corrected chi connectivity index (χ3v) is 13.8. The van der Waals surface area contributed by atoms with Crippen molar-refractivity contribution < 1.29 is 35.4 Å². The van der Waals surface area contributed by atoms with Crippen molar-refractivity contribution in [3.05, 3.63) is 210 Å². The molecule has 0 amide bonds. The molecule has 4 heterocycles. The number of fused-ring (bicyclic) bond motifs is 10. The molecular weight excluding hydrogens is 1050 g/mol. The van der Waals surface area contributed by atoms with E-state index in [-0.39, 0.29) is 72.6 Å². The second-order valence-electron chi connectivity index (χ2n) is 20.6. The van der Waals surface area contributed by atoms with E-state index in [4.69, 9.17) is 17.9 Å². The Bertz CT molecular complexity index is 4370. The maximum absolute atomic E-state index is 9.26. The molecule has 71 heavy (non-hydrogen) atoms. The van der Waals surface area contributed by atoms with Gasteiger partial charge in [0.05, 0.1) is 5.48 Å². The molecular formula is C65H55N4OPt-3. The van der Waals surface area contributed by atoms with E-state index in [2.05, 4.69) is 175 Å². The van der Waals surface area contributed by atoms with Crippen LogP contribution in [0.25, 0.3) is 82.1 Å². The molecule has 1 aliphatic rings. The van der Waals surface area contributed by atoms with Gasteiger partial charge in [0.25, 0.3) is 0 Å². The summed E-state index contributed by atoms with van der Waals surface area (Å²) in [5.74, 6) is 0.895. The number of para-hydroxylation sites is 3. The minimum Gasteiger partial charge on any atom is -0.509 e. The minimum atomic E-state index is -2.57. The number of rotatable bonds is 5. The Kier molecular flexibility index (Phi) is 9.32. The van der Waals surface area contributed by atoms with Crippen LogP contribution in [-0.4, -0.2) is 14.1 Å². The van der Waals surface area contributed by atoms with Crippen LogP contribution >= 0.6 is 0 Å². The van der Waals surface area contributed by atoms with Gasteiger partial charge in [-0.2, -0.15) is 12.1 Å². The van der Waals surface area contributed by atoms with Gasteiger partial charge in [0, 0.05) is 59.6 Å². The summed E-state index contributed by atoms with van der Waals surface area (Å²) < 4.78 is 73.0. The van der Waals surface area contributed by atoms with Gasteiger partial charge in [0.15, 0.2) is 0 Å². The van der Waals surface area contributed by atoms with Gasteiger partial charge in [-0.1, -0.05) is 190 Å². The number of hydrogen-bond acceptors (Lipinski definition) is 3. The number of benzene rings is 8. The standard InChI is InChI=1S/C65H55N4O.Pt/c1-40-24-31-49-47-17-10-11-18-48(47)52-21-15-23-58-63(52)68(62-41(2)16-14-20-53(62)54(49)34-40)39-67(58)45-29-33-56(65(7,8)9)60(36-45)70-46-30-32-51-50-19-12-13-22-57(50)69(59(51)37-46)61-35-42(3)55(38-66-61)43-25-27-44(28-26-43)64(4,5)6;/h10-35,38-39H,1-9H3;/q-3;/i3D3,12D,13D,19D,22D;. The molecule has 0 saturated carbocycles. The zero-order chi connectivity index (χ0) is 54.2. The topological polar surface area (TPSA) is 35.2 Å². The normalized spacial score (nSPS) is 14.1. The Morgan fingerprint density at radius 1 is 0.634 bits per heavy atom. The molecule has 0 fully saturated rings. The van der Waals surface area contributed by atoms with Crippen molar-refractivity contribution >= 4 is 76.5 Å². The molecule has 0 spiro atoms. The van der Waals surface area contributed by atoms with Crippen molar-refractivity contribution in [1.82, 2.24) is 14.1 Å². The first-order valence-corrected chi connectivity index (χ1v) is 23.8. The summed E-state index contributed by atoms with van der Waals surface area (Å²) in [5, 5.41) is 7.54. The van der Waals surface area contributed by atoms with E-state index in [0.29, 0.717) is 27.8 Å². The van der Waals surface area contributed by atoms with Gasteiger partial charge < -0.3 is 18.8 Å². The van der Waals surface area contributed by atoms with Crippen molar-refractivity contribution in [2.75, 3.05) is 4.90 Å². The Labute approximate surface area is 440 Å². The molecule has 0 N–H and O–H groups in total. The van der Waals surface area contributed by atoms with E-state index in [0.717, 1.165) is 66.0 Å². The smallest absolute Gasteiger partial charge is 0.135 e. The Morgan fingerprint density at radius 2 is 1.34 bits per heavy atom. The first-order chi connectivity index (χ1) is 36.6. The number of anilines is 2. The van der Waals surface area contributed by atoms with Gasteiger partial charge in [0.2, 0.25) is 0 Å². The molecule has 0 aliphatic carbocycles. The van der Waals surface area contributed by atoms with Gasteiger partial charge in [0.1, 0.15) is 5.82 Å². The average molecular weight is 1110 g/mol. The SMILES string of the molecule is [2H]c1c([2H])c([2H])c2c(c1[2H])c1ccc(Oc3[c-]c(N4[CH-]n5c6c(C)cccc6c6cc(C)ccc6c6ccccc6c6cccc4c65)ccc3C(C)(C)C)[c-]c1n2-c1cc(C([2H])([2H])[2H])c(-c2ccc(C(C)(C)C)cc2)cn1.[Pt]. The molecule has 0 bridgehead atoms. The summed E-state index contributed by atoms with van der Waals surface area (Å²) in [6, 6.07) is 51.1. The van der Waals surface area contributed by atoms with Crippen LogP contribution in [0.5, 0.6) is 11.5 Å². The van der Waals surface area contributed by atoms with Crippen LogP contribution in [0.2, 0.25) is 0 Å². The molecule has 354 valence electrons. The molecule has 11 aromatic rings. The average Bonchev–Trinajstić information content (AvgIpc) is 3.74. The number of ether oxygens (including phenoxy) is 1. The van der Waals surface area contributed by atoms with Crippen LogP contribution in [-0.2, 0) is 31.9 Å². The van der Waals surface area contributed by atoms with E-state index >= 15 is 0 Å². The van der Waals surface area contributed by atoms with E-state index in [1.165, 1.54) is 23.2 Å². The van der Waals surface area contributed by atoms with Crippen molar-refractivity contribution in [2.24, 2.45) is 0 Å². The number of aryl methyl sites for hydroxylation is 3. The third kappa shape index (κ3) is 7.74. The van der Waals surface area contributed by atoms with E-state index < -0.39 is 18.3 Å². The van der Waals surface area contributed by atoms with E-state index in [1.54, 1.807) is 16.7 Å². The molecule has 8 aromatic carbocycles. The van der Waals surface area contributed by atoms with Gasteiger partial charge in [-0.15, -0.1) is 35.2 Å². The summed E-state index contributed by atoms with van der Waals surface area (Å²) in [6.45, 7) is 16.6. The van der Waals surface area contributed by atoms with Gasteiger partial charge in [-0.3, -0.25) is 0 Å². The Balaban J connectivity index is 0.00000645. The van der Waals surface area contributed by atoms with Crippen LogP contribution < -0.4 is 9.64 Å². The van der Waals surface area contributed by atoms with Crippen molar-refractivity contribution in [3.63, 3.8) is 0 Å². The maximum atomic E-state index is 9.26. The van der Waals surface area contributed by atoms with Crippen molar-refractivity contribution in [3.8, 4) is 28.4 Å². The molecule has 3 aromatic heterocycles. The molecule has 12 rings (SSSR count). The third-order valence-electron chi connectivity index (χ3n) is 13.8. The number of pyridine rings is 1. The molecule has 0 atom stereocenters. The second kappa shape index (κ2) is 17.2. The minimum absolute atomic E-state index is 0. The summed E-state index contributed by atoms with van der Waals surface area (Å²) in [7, 11) is 0. The van der Waals surface area contributed by atoms with Gasteiger partial charge in [-0.05, 0) is 111 Å². The number of nitrogens with zero attached hydrogens (tertiary/aromatic N) is 4. The van der Waals surface area contributed by atoms with E-state index in [9.17, 15) is 1.37 Å². The Morgan fingerprint density at radius 3 is 2.10 bits per heavy atom. The molecule has 1 aliphatic heterocycles. The van der Waals surface area contributed by atoms with Crippen LogP contribution in [0, 0.1) is 39.5 Å². The zero-order valence-corrected chi connectivity index (χ0v) is 43.1. The molecule has 0 unspecified atom stereocenters. The van der Waals surface area contributed by atoms with E-state index in [1.807, 2.05) is 24.3 Å². The predicted octanol–water partition coefficient (Wildman–Crippen LogP) is 17.4. The largest absolute Gasteiger partial charge is 0.509 e. The summed E-state index contributed by atoms with van der Waals surface area (Å²) >= 11 is 0. The molecule has 0 radical (unpaired) electrons. The van der Waals surface area contributed by atoms with Crippen LogP contribution in [0.3, 0.4) is 0 Å². The molecule has 0 saturated heterocycles. The monoisotopic (exact) mass is 1110 g/mol. The van der Waals surface area contributed by atoms with Crippen molar-refractivity contribution in [1.29, 1.82) is 0 Å². The summed E-state index contributed by atoms with van der Waals surface area (Å²) in [5.41, 5.74) is 9.22. The van der Waals surface area contributed by atoms with Crippen molar-refractivity contribution in [2.45, 2.75) is 73.1 Å². The zero-order valence-electron chi connectivity index (χ0n) is 47.9. The molecule has 6 heteroatoms. The van der Waals surface area contributed by atoms with Crippen LogP contribution in [0.4, 0.5) is 11.4 Å². The van der Waals surface area contributed by atoms with Crippen LogP contribution in [0.15, 0.2) is 164 Å². The fourth-order valence-corrected chi connectivity index (χ4v) is 10.3. The quantitative estimate of drug-likeness (QED) is 0.161. The van der Waals surface area contributed by atoms with Crippen LogP contribution in [0.1, 0.15) is 79.0 Å². The molecule has 5 nitrogen and oxygen atoms in total. The number of hydrogen-bond donors (Lipinski definition) is 0. The first-order valence-electron chi connectivity index (χ1n) is 27.3. The maximum Gasteiger partial charge on any atom is 0.135 e. The Hall–Kier alpha value is -7.33. The summed E-state index contributed by atoms with van der Waals surface area (Å²) in [4.78, 5) is 7.03. The fraction of sp³-hybridized carbons (Fsp3) is 0.169. The summed E-state index contributed by atoms with van der Waals surface area (Å²) in [6.07, 6.45) is 1.53. The number of aromatic nitrogens is 3. The first kappa shape index (κ1) is 38.4. The van der Waals surface area contributed by atoms with Gasteiger partial charge in [-0.25, -0.2) is 4.98 Å². The fourth-order valence-electron chi connectivity index (χ4n) is 10.3.